The summed E-state index contributed by atoms with van der Waals surface area (Å²) in [6, 6.07) is 14.2. The number of nitrogens with zero attached hydrogens (tertiary/aromatic N) is 2. The molecule has 1 heterocycles. The van der Waals surface area contributed by atoms with Gasteiger partial charge in [0.25, 0.3) is 0 Å². The van der Waals surface area contributed by atoms with Gasteiger partial charge in [-0.3, -0.25) is 9.78 Å². The number of hydrogen-bond donors (Lipinski definition) is 1. The molecular formula is C27H31ClN2O4S. The van der Waals surface area contributed by atoms with Crippen LogP contribution in [-0.4, -0.2) is 35.3 Å². The van der Waals surface area contributed by atoms with Crippen LogP contribution in [0.3, 0.4) is 0 Å². The van der Waals surface area contributed by atoms with Gasteiger partial charge in [-0.15, -0.1) is 0 Å². The smallest absolute Gasteiger partial charge is 0.303 e. The van der Waals surface area contributed by atoms with E-state index in [1.807, 2.05) is 43.5 Å². The second kappa shape index (κ2) is 11.8. The number of unbranched alkanes of at least 4 members (excludes halogenated alkanes) is 1. The molecule has 0 radical (unpaired) electrons. The Morgan fingerprint density at radius 1 is 1.14 bits per heavy atom. The Balaban J connectivity index is 2.02. The summed E-state index contributed by atoms with van der Waals surface area (Å²) in [4.78, 5) is 15.4. The number of pyridine rings is 1. The van der Waals surface area contributed by atoms with E-state index in [0.29, 0.717) is 23.4 Å². The van der Waals surface area contributed by atoms with Crippen LogP contribution >= 0.6 is 11.6 Å². The average molecular weight is 515 g/mol. The molecule has 1 atom stereocenters. The number of aliphatic carboxylic acids is 1. The van der Waals surface area contributed by atoms with Crippen molar-refractivity contribution >= 4 is 27.6 Å². The number of aromatic nitrogens is 1. The molecule has 0 saturated heterocycles. The fraction of sp³-hybridized carbons (Fsp3) is 0.333. The van der Waals surface area contributed by atoms with Gasteiger partial charge in [-0.25, -0.2) is 8.42 Å². The largest absolute Gasteiger partial charge is 0.481 e. The van der Waals surface area contributed by atoms with E-state index in [1.54, 1.807) is 31.3 Å². The van der Waals surface area contributed by atoms with Gasteiger partial charge in [-0.2, -0.15) is 4.31 Å². The van der Waals surface area contributed by atoms with Gasteiger partial charge >= 0.3 is 5.97 Å². The molecule has 35 heavy (non-hydrogen) atoms. The Bertz CT molecular complexity index is 1290. The third-order valence-electron chi connectivity index (χ3n) is 6.22. The molecule has 2 aromatic carbocycles. The highest BCUT2D eigenvalue weighted by atomic mass is 35.5. The second-order valence-corrected chi connectivity index (χ2v) is 10.8. The average Bonchev–Trinajstić information content (AvgIpc) is 2.85. The maximum absolute atomic E-state index is 13.8. The minimum atomic E-state index is -3.90. The van der Waals surface area contributed by atoms with Gasteiger partial charge in [0.05, 0.1) is 4.90 Å². The van der Waals surface area contributed by atoms with Gasteiger partial charge in [-0.1, -0.05) is 42.8 Å². The molecule has 0 spiro atoms. The molecule has 0 unspecified atom stereocenters. The SMILES string of the molecule is CCc1cnccc1-c1cccc([C@H](C)N(CCCCC(=O)O)S(=O)(=O)c2cccc(Cl)c2C)c1. The lowest BCUT2D eigenvalue weighted by molar-refractivity contribution is -0.137. The lowest BCUT2D eigenvalue weighted by Gasteiger charge is -2.30. The highest BCUT2D eigenvalue weighted by Gasteiger charge is 2.31. The van der Waals surface area contributed by atoms with Crippen LogP contribution in [0.4, 0.5) is 0 Å². The maximum Gasteiger partial charge on any atom is 0.303 e. The summed E-state index contributed by atoms with van der Waals surface area (Å²) in [6.45, 7) is 5.83. The molecule has 1 N–H and O–H groups in total. The van der Waals surface area contributed by atoms with E-state index in [9.17, 15) is 13.2 Å². The number of carboxylic acid groups (broad SMARTS) is 1. The van der Waals surface area contributed by atoms with E-state index in [0.717, 1.165) is 28.7 Å². The van der Waals surface area contributed by atoms with Gasteiger partial charge in [-0.05, 0) is 85.2 Å². The summed E-state index contributed by atoms with van der Waals surface area (Å²) in [5, 5.41) is 9.39. The number of halogens is 1. The fourth-order valence-electron chi connectivity index (χ4n) is 4.18. The first-order chi connectivity index (χ1) is 16.7. The summed E-state index contributed by atoms with van der Waals surface area (Å²) in [5.74, 6) is -0.894. The Kier molecular flexibility index (Phi) is 9.05. The molecule has 1 aromatic heterocycles. The third kappa shape index (κ3) is 6.28. The van der Waals surface area contributed by atoms with E-state index in [2.05, 4.69) is 11.9 Å². The molecule has 0 saturated carbocycles. The zero-order valence-corrected chi connectivity index (χ0v) is 21.8. The number of carboxylic acids is 1. The third-order valence-corrected chi connectivity index (χ3v) is 8.74. The van der Waals surface area contributed by atoms with Crippen LogP contribution in [0.2, 0.25) is 5.02 Å². The highest BCUT2D eigenvalue weighted by Crippen LogP contribution is 2.33. The summed E-state index contributed by atoms with van der Waals surface area (Å²) in [7, 11) is -3.90. The lowest BCUT2D eigenvalue weighted by atomic mass is 9.97. The standard InChI is InChI=1S/C27H31ClN2O4S/c1-4-21-18-29-15-14-24(21)23-10-7-9-22(17-23)20(3)30(16-6-5-13-27(31)32)35(33,34)26-12-8-11-25(28)19(26)2/h7-12,14-15,17-18,20H,4-6,13,16H2,1-3H3,(H,31,32)/t20-/m0/s1. The van der Waals surface area contributed by atoms with Gasteiger partial charge in [0.2, 0.25) is 10.0 Å². The topological polar surface area (TPSA) is 87.6 Å². The molecule has 0 aliphatic heterocycles. The summed E-state index contributed by atoms with van der Waals surface area (Å²) < 4.78 is 29.2. The van der Waals surface area contributed by atoms with E-state index in [1.165, 1.54) is 4.31 Å². The van der Waals surface area contributed by atoms with Crippen molar-refractivity contribution in [3.8, 4) is 11.1 Å². The van der Waals surface area contributed by atoms with Crippen LogP contribution in [0.15, 0.2) is 65.8 Å². The van der Waals surface area contributed by atoms with E-state index >= 15 is 0 Å². The van der Waals surface area contributed by atoms with Gasteiger partial charge in [0.1, 0.15) is 0 Å². The van der Waals surface area contributed by atoms with Crippen LogP contribution in [0.5, 0.6) is 0 Å². The molecule has 0 aliphatic rings. The van der Waals surface area contributed by atoms with Crippen molar-refractivity contribution in [1.29, 1.82) is 0 Å². The van der Waals surface area contributed by atoms with Crippen molar-refractivity contribution in [2.45, 2.75) is 57.4 Å². The number of carbonyl (C=O) groups is 1. The molecule has 0 fully saturated rings. The van der Waals surface area contributed by atoms with Crippen molar-refractivity contribution in [1.82, 2.24) is 9.29 Å². The van der Waals surface area contributed by atoms with Crippen molar-refractivity contribution in [3.63, 3.8) is 0 Å². The quantitative estimate of drug-likeness (QED) is 0.304. The first-order valence-electron chi connectivity index (χ1n) is 11.7. The number of benzene rings is 2. The van der Waals surface area contributed by atoms with Gasteiger partial charge < -0.3 is 5.11 Å². The highest BCUT2D eigenvalue weighted by molar-refractivity contribution is 7.89. The molecule has 0 aliphatic carbocycles. The fourth-order valence-corrected chi connectivity index (χ4v) is 6.32. The molecule has 3 aromatic rings. The molecule has 0 bridgehead atoms. The Hall–Kier alpha value is -2.74. The van der Waals surface area contributed by atoms with E-state index in [4.69, 9.17) is 16.7 Å². The van der Waals surface area contributed by atoms with Crippen LogP contribution in [0.1, 0.15) is 55.8 Å². The predicted octanol–water partition coefficient (Wildman–Crippen LogP) is 6.28. The van der Waals surface area contributed by atoms with Crippen molar-refractivity contribution < 1.29 is 18.3 Å². The van der Waals surface area contributed by atoms with Gasteiger partial charge in [0, 0.05) is 36.4 Å². The number of sulfonamides is 1. The molecule has 0 amide bonds. The van der Waals surface area contributed by atoms with Crippen LogP contribution < -0.4 is 0 Å². The number of rotatable bonds is 11. The number of aryl methyl sites for hydroxylation is 1. The van der Waals surface area contributed by atoms with Crippen molar-refractivity contribution in [2.75, 3.05) is 6.54 Å². The van der Waals surface area contributed by atoms with Crippen molar-refractivity contribution in [3.05, 3.63) is 82.6 Å². The summed E-state index contributed by atoms with van der Waals surface area (Å²) in [5.41, 5.74) is 4.52. The number of hydrogen-bond acceptors (Lipinski definition) is 4. The Morgan fingerprint density at radius 2 is 1.89 bits per heavy atom. The lowest BCUT2D eigenvalue weighted by Crippen LogP contribution is -2.35. The Morgan fingerprint density at radius 3 is 2.60 bits per heavy atom. The minimum Gasteiger partial charge on any atom is -0.481 e. The zero-order valence-electron chi connectivity index (χ0n) is 20.2. The predicted molar refractivity (Wildman–Crippen MR) is 139 cm³/mol. The van der Waals surface area contributed by atoms with E-state index < -0.39 is 22.0 Å². The maximum atomic E-state index is 13.8. The first kappa shape index (κ1) is 26.9. The van der Waals surface area contributed by atoms with Crippen molar-refractivity contribution in [2.24, 2.45) is 0 Å². The summed E-state index contributed by atoms with van der Waals surface area (Å²) in [6.07, 6.45) is 5.26. The molecule has 6 nitrogen and oxygen atoms in total. The summed E-state index contributed by atoms with van der Waals surface area (Å²) >= 11 is 6.25. The van der Waals surface area contributed by atoms with Gasteiger partial charge in [0.15, 0.2) is 0 Å². The molecule has 3 rings (SSSR count). The first-order valence-corrected chi connectivity index (χ1v) is 13.5. The normalized spacial score (nSPS) is 12.6. The van der Waals surface area contributed by atoms with Crippen LogP contribution in [-0.2, 0) is 21.2 Å². The van der Waals surface area contributed by atoms with E-state index in [-0.39, 0.29) is 17.9 Å². The molecule has 8 heteroatoms. The monoisotopic (exact) mass is 514 g/mol. The Labute approximate surface area is 212 Å². The zero-order chi connectivity index (χ0) is 25.6. The minimum absolute atomic E-state index is 0.00418. The van der Waals surface area contributed by atoms with Crippen LogP contribution in [0.25, 0.3) is 11.1 Å². The second-order valence-electron chi connectivity index (χ2n) is 8.52. The molecule has 186 valence electrons. The molecular weight excluding hydrogens is 484 g/mol. The van der Waals surface area contributed by atoms with Crippen LogP contribution in [0, 0.1) is 6.92 Å².